The largest absolute Gasteiger partial charge is 0.391 e. The molecule has 194 valence electrons. The van der Waals surface area contributed by atoms with Crippen LogP contribution in [0.25, 0.3) is 11.0 Å². The van der Waals surface area contributed by atoms with Gasteiger partial charge in [-0.15, -0.1) is 0 Å². The van der Waals surface area contributed by atoms with E-state index in [4.69, 9.17) is 0 Å². The number of likely N-dealkylation sites (tertiary alicyclic amines) is 1. The Morgan fingerprint density at radius 2 is 1.94 bits per heavy atom. The Balaban J connectivity index is 1.43. The SMILES string of the molecule is CCN(CC1CCC(C(F)(F)F)CC1)c1ncnc2c1ccn2C[C@H]1CCN(CC(C)=O)C[C@@H]1O. The Labute approximate surface area is 204 Å². The number of hydrogen-bond acceptors (Lipinski definition) is 6. The number of ketones is 1. The van der Waals surface area contributed by atoms with Gasteiger partial charge in [-0.25, -0.2) is 9.97 Å². The van der Waals surface area contributed by atoms with Crippen LogP contribution in [0.2, 0.25) is 0 Å². The van der Waals surface area contributed by atoms with Crippen molar-refractivity contribution in [3.63, 3.8) is 0 Å². The lowest BCUT2D eigenvalue weighted by molar-refractivity contribution is -0.183. The highest BCUT2D eigenvalue weighted by Crippen LogP contribution is 2.40. The molecule has 4 rings (SSSR count). The summed E-state index contributed by atoms with van der Waals surface area (Å²) >= 11 is 0. The summed E-state index contributed by atoms with van der Waals surface area (Å²) in [7, 11) is 0. The Kier molecular flexibility index (Phi) is 8.00. The molecule has 1 aliphatic carbocycles. The summed E-state index contributed by atoms with van der Waals surface area (Å²) in [5.74, 6) is 0.0313. The average molecular weight is 496 g/mol. The number of anilines is 1. The number of aliphatic hydroxyl groups excluding tert-OH is 1. The first kappa shape index (κ1) is 25.9. The maximum absolute atomic E-state index is 13.0. The molecule has 7 nitrogen and oxygen atoms in total. The summed E-state index contributed by atoms with van der Waals surface area (Å²) < 4.78 is 41.2. The fourth-order valence-corrected chi connectivity index (χ4v) is 5.71. The van der Waals surface area contributed by atoms with Crippen molar-refractivity contribution in [1.82, 2.24) is 19.4 Å². The fraction of sp³-hybridized carbons (Fsp3) is 0.720. The number of aromatic nitrogens is 3. The molecule has 1 saturated heterocycles. The van der Waals surface area contributed by atoms with Crippen LogP contribution in [0.15, 0.2) is 18.6 Å². The number of hydrogen-bond donors (Lipinski definition) is 1. The maximum Gasteiger partial charge on any atom is 0.391 e. The normalized spacial score (nSPS) is 26.2. The van der Waals surface area contributed by atoms with Gasteiger partial charge >= 0.3 is 6.18 Å². The molecule has 2 aromatic rings. The lowest BCUT2D eigenvalue weighted by Crippen LogP contribution is -2.46. The van der Waals surface area contributed by atoms with Gasteiger partial charge in [-0.1, -0.05) is 0 Å². The second-order valence-electron chi connectivity index (χ2n) is 10.3. The van der Waals surface area contributed by atoms with Crippen molar-refractivity contribution in [2.24, 2.45) is 17.8 Å². The van der Waals surface area contributed by atoms with Crippen molar-refractivity contribution < 1.29 is 23.1 Å². The van der Waals surface area contributed by atoms with Gasteiger partial charge in [0.1, 0.15) is 23.6 Å². The van der Waals surface area contributed by atoms with Crippen molar-refractivity contribution in [3.05, 3.63) is 18.6 Å². The molecule has 0 radical (unpaired) electrons. The zero-order valence-corrected chi connectivity index (χ0v) is 20.5. The quantitative estimate of drug-likeness (QED) is 0.599. The van der Waals surface area contributed by atoms with E-state index in [9.17, 15) is 23.1 Å². The van der Waals surface area contributed by atoms with Gasteiger partial charge < -0.3 is 14.6 Å². The summed E-state index contributed by atoms with van der Waals surface area (Å²) in [6.07, 6.45) is 1.28. The van der Waals surface area contributed by atoms with Gasteiger partial charge in [0.2, 0.25) is 0 Å². The first-order valence-electron chi connectivity index (χ1n) is 12.7. The second kappa shape index (κ2) is 10.8. The minimum Gasteiger partial charge on any atom is -0.391 e. The number of carbonyl (C=O) groups excluding carboxylic acids is 1. The van der Waals surface area contributed by atoms with E-state index < -0.39 is 18.2 Å². The lowest BCUT2D eigenvalue weighted by Gasteiger charge is -2.35. The van der Waals surface area contributed by atoms with Gasteiger partial charge in [0.15, 0.2) is 0 Å². The highest BCUT2D eigenvalue weighted by Gasteiger charge is 2.41. The molecule has 35 heavy (non-hydrogen) atoms. The molecule has 0 aromatic carbocycles. The molecule has 0 spiro atoms. The average Bonchev–Trinajstić information content (AvgIpc) is 3.21. The van der Waals surface area contributed by atoms with Crippen LogP contribution in [-0.4, -0.2) is 75.3 Å². The summed E-state index contributed by atoms with van der Waals surface area (Å²) in [5.41, 5.74) is 0.799. The number of piperidine rings is 1. The Bertz CT molecular complexity index is 1000. The Morgan fingerprint density at radius 1 is 1.20 bits per heavy atom. The third kappa shape index (κ3) is 6.14. The number of carbonyl (C=O) groups is 1. The molecular formula is C25H36F3N5O2. The molecule has 3 heterocycles. The molecular weight excluding hydrogens is 459 g/mol. The number of β-amino-alcohol motifs (C(OH)–C–C–N with tert-alkyl or cyclic N) is 1. The predicted octanol–water partition coefficient (Wildman–Crippen LogP) is 3.90. The number of halogens is 3. The third-order valence-electron chi connectivity index (χ3n) is 7.69. The number of fused-ring (bicyclic) bond motifs is 1. The molecule has 1 aliphatic heterocycles. The zero-order chi connectivity index (χ0) is 25.2. The van der Waals surface area contributed by atoms with Gasteiger partial charge in [-0.05, 0) is 64.5 Å². The van der Waals surface area contributed by atoms with Crippen molar-refractivity contribution in [2.75, 3.05) is 37.6 Å². The first-order valence-corrected chi connectivity index (χ1v) is 12.7. The predicted molar refractivity (Wildman–Crippen MR) is 128 cm³/mol. The van der Waals surface area contributed by atoms with Crippen LogP contribution in [0.4, 0.5) is 19.0 Å². The van der Waals surface area contributed by atoms with E-state index >= 15 is 0 Å². The molecule has 0 bridgehead atoms. The molecule has 0 unspecified atom stereocenters. The van der Waals surface area contributed by atoms with E-state index in [0.29, 0.717) is 45.6 Å². The van der Waals surface area contributed by atoms with E-state index in [1.807, 2.05) is 24.1 Å². The van der Waals surface area contributed by atoms with Crippen LogP contribution in [-0.2, 0) is 11.3 Å². The highest BCUT2D eigenvalue weighted by atomic mass is 19.4. The molecule has 1 saturated carbocycles. The smallest absolute Gasteiger partial charge is 0.391 e. The first-order chi connectivity index (χ1) is 16.7. The highest BCUT2D eigenvalue weighted by molar-refractivity contribution is 5.87. The third-order valence-corrected chi connectivity index (χ3v) is 7.69. The molecule has 1 N–H and O–H groups in total. The Hall–Kier alpha value is -2.20. The number of aliphatic hydroxyl groups is 1. The van der Waals surface area contributed by atoms with Gasteiger partial charge in [0.25, 0.3) is 0 Å². The number of alkyl halides is 3. The molecule has 2 atom stereocenters. The minimum absolute atomic E-state index is 0.0679. The summed E-state index contributed by atoms with van der Waals surface area (Å²) in [4.78, 5) is 24.6. The van der Waals surface area contributed by atoms with Crippen LogP contribution in [0.3, 0.4) is 0 Å². The summed E-state index contributed by atoms with van der Waals surface area (Å²) in [5, 5.41) is 11.6. The van der Waals surface area contributed by atoms with E-state index in [2.05, 4.69) is 19.4 Å². The van der Waals surface area contributed by atoms with Crippen LogP contribution in [0, 0.1) is 17.8 Å². The number of rotatable bonds is 8. The van der Waals surface area contributed by atoms with E-state index in [1.54, 1.807) is 13.3 Å². The maximum atomic E-state index is 13.0. The monoisotopic (exact) mass is 495 g/mol. The van der Waals surface area contributed by atoms with E-state index in [0.717, 1.165) is 29.8 Å². The standard InChI is InChI=1S/C25H36F3N5O2/c1-3-32(13-18-4-6-20(7-5-18)25(26,27)28)23-21-9-11-33(24(21)30-16-29-23)14-19-8-10-31(12-17(2)34)15-22(19)35/h9,11,16,18-20,22,35H,3-8,10,12-15H2,1-2H3/t18?,19-,20?,22+/m1/s1. The van der Waals surface area contributed by atoms with Gasteiger partial charge in [-0.3, -0.25) is 9.69 Å². The van der Waals surface area contributed by atoms with Crippen molar-refractivity contribution >= 4 is 22.6 Å². The van der Waals surface area contributed by atoms with Gasteiger partial charge in [-0.2, -0.15) is 13.2 Å². The topological polar surface area (TPSA) is 74.5 Å². The van der Waals surface area contributed by atoms with Crippen LogP contribution in [0.5, 0.6) is 0 Å². The Morgan fingerprint density at radius 3 is 2.57 bits per heavy atom. The molecule has 2 fully saturated rings. The second-order valence-corrected chi connectivity index (χ2v) is 10.3. The summed E-state index contributed by atoms with van der Waals surface area (Å²) in [6.45, 7) is 7.27. The number of nitrogens with zero attached hydrogens (tertiary/aromatic N) is 5. The molecule has 2 aliphatic rings. The van der Waals surface area contributed by atoms with Crippen LogP contribution < -0.4 is 4.90 Å². The van der Waals surface area contributed by atoms with Crippen molar-refractivity contribution in [2.45, 2.75) is 64.8 Å². The van der Waals surface area contributed by atoms with Crippen LogP contribution in [0.1, 0.15) is 46.0 Å². The fourth-order valence-electron chi connectivity index (χ4n) is 5.71. The summed E-state index contributed by atoms with van der Waals surface area (Å²) in [6, 6.07) is 1.99. The number of Topliss-reactive ketones (excluding diaryl/α,β-unsaturated/α-hetero) is 1. The van der Waals surface area contributed by atoms with Crippen molar-refractivity contribution in [3.8, 4) is 0 Å². The van der Waals surface area contributed by atoms with E-state index in [1.165, 1.54) is 0 Å². The van der Waals surface area contributed by atoms with Crippen molar-refractivity contribution in [1.29, 1.82) is 0 Å². The molecule has 0 amide bonds. The van der Waals surface area contributed by atoms with E-state index in [-0.39, 0.29) is 30.5 Å². The minimum atomic E-state index is -4.09. The molecule has 10 heteroatoms. The zero-order valence-electron chi connectivity index (χ0n) is 20.5. The van der Waals surface area contributed by atoms with Crippen LogP contribution >= 0.6 is 0 Å². The lowest BCUT2D eigenvalue weighted by atomic mass is 9.81. The molecule has 2 aromatic heterocycles. The van der Waals surface area contributed by atoms with Gasteiger partial charge in [0, 0.05) is 38.3 Å². The van der Waals surface area contributed by atoms with Gasteiger partial charge in [0.05, 0.1) is 24.0 Å².